The fourth-order valence-electron chi connectivity index (χ4n) is 2.29. The van der Waals surface area contributed by atoms with Crippen LogP contribution in [0.5, 0.6) is 5.75 Å². The number of ether oxygens (including phenoxy) is 1. The standard InChI is InChI=1S/C17H16N2O6S/c1-25-14-4-2-3-12(9-14)15(10-16(20)21)18-17(22)11-5-7-13(8-6-11)19-26(23)24/h2-9,15H,10H2,1H3,(H,18,22)(H,20,21). The lowest BCUT2D eigenvalue weighted by atomic mass is 10.0. The highest BCUT2D eigenvalue weighted by Crippen LogP contribution is 2.22. The molecule has 1 atom stereocenters. The van der Waals surface area contributed by atoms with Gasteiger partial charge in [-0.25, -0.2) is 0 Å². The molecule has 2 rings (SSSR count). The molecule has 0 saturated carbocycles. The Morgan fingerprint density at radius 3 is 2.46 bits per heavy atom. The molecule has 0 aliphatic heterocycles. The van der Waals surface area contributed by atoms with Crippen LogP contribution in [0.2, 0.25) is 0 Å². The van der Waals surface area contributed by atoms with Crippen LogP contribution in [0.15, 0.2) is 52.9 Å². The number of carboxylic acids is 1. The van der Waals surface area contributed by atoms with E-state index in [-0.39, 0.29) is 17.7 Å². The lowest BCUT2D eigenvalue weighted by Gasteiger charge is -2.18. The van der Waals surface area contributed by atoms with Gasteiger partial charge < -0.3 is 15.2 Å². The molecule has 0 radical (unpaired) electrons. The largest absolute Gasteiger partial charge is 0.497 e. The molecule has 0 heterocycles. The lowest BCUT2D eigenvalue weighted by molar-refractivity contribution is -0.137. The van der Waals surface area contributed by atoms with E-state index in [0.717, 1.165) is 0 Å². The molecule has 0 fully saturated rings. The van der Waals surface area contributed by atoms with Crippen LogP contribution in [0.3, 0.4) is 0 Å². The smallest absolute Gasteiger partial charge is 0.316 e. The Bertz CT molecular complexity index is 930. The fourth-order valence-corrected chi connectivity index (χ4v) is 2.58. The van der Waals surface area contributed by atoms with Crippen molar-refractivity contribution < 1.29 is 27.9 Å². The van der Waals surface area contributed by atoms with E-state index in [9.17, 15) is 18.0 Å². The lowest BCUT2D eigenvalue weighted by Crippen LogP contribution is -2.30. The quantitative estimate of drug-likeness (QED) is 0.765. The molecule has 0 aromatic heterocycles. The predicted octanol–water partition coefficient (Wildman–Crippen LogP) is 2.34. The van der Waals surface area contributed by atoms with Crippen LogP contribution in [0.25, 0.3) is 0 Å². The highest BCUT2D eigenvalue weighted by molar-refractivity contribution is 7.61. The number of hydrogen-bond donors (Lipinski definition) is 2. The van der Waals surface area contributed by atoms with Crippen molar-refractivity contribution in [2.24, 2.45) is 4.36 Å². The first kappa shape index (κ1) is 19.1. The van der Waals surface area contributed by atoms with Crippen LogP contribution in [-0.4, -0.2) is 32.5 Å². The van der Waals surface area contributed by atoms with Gasteiger partial charge in [-0.3, -0.25) is 9.59 Å². The van der Waals surface area contributed by atoms with Gasteiger partial charge in [-0.2, -0.15) is 8.42 Å². The minimum absolute atomic E-state index is 0.185. The number of amides is 1. The fraction of sp³-hybridized carbons (Fsp3) is 0.176. The normalized spacial score (nSPS) is 11.3. The van der Waals surface area contributed by atoms with Gasteiger partial charge in [0.05, 0.1) is 25.3 Å². The summed E-state index contributed by atoms with van der Waals surface area (Å²) in [6.07, 6.45) is -0.304. The molecule has 136 valence electrons. The summed E-state index contributed by atoms with van der Waals surface area (Å²) in [5.74, 6) is -1.01. The Morgan fingerprint density at radius 1 is 1.19 bits per heavy atom. The van der Waals surface area contributed by atoms with Crippen molar-refractivity contribution in [2.45, 2.75) is 12.5 Å². The van der Waals surface area contributed by atoms with Gasteiger partial charge in [0, 0.05) is 5.56 Å². The van der Waals surface area contributed by atoms with Gasteiger partial charge in [0.1, 0.15) is 5.75 Å². The van der Waals surface area contributed by atoms with E-state index < -0.39 is 28.4 Å². The summed E-state index contributed by atoms with van der Waals surface area (Å²) in [5.41, 5.74) is 1.03. The van der Waals surface area contributed by atoms with Crippen molar-refractivity contribution in [3.63, 3.8) is 0 Å². The van der Waals surface area contributed by atoms with Crippen LogP contribution >= 0.6 is 0 Å². The van der Waals surface area contributed by atoms with E-state index in [0.29, 0.717) is 11.3 Å². The summed E-state index contributed by atoms with van der Waals surface area (Å²) >= 11 is 0. The molecule has 2 aromatic rings. The van der Waals surface area contributed by atoms with Gasteiger partial charge in [-0.1, -0.05) is 12.1 Å². The number of methoxy groups -OCH3 is 1. The maximum atomic E-state index is 12.4. The predicted molar refractivity (Wildman–Crippen MR) is 92.9 cm³/mol. The minimum Gasteiger partial charge on any atom is -0.497 e. The number of nitrogens with zero attached hydrogens (tertiary/aromatic N) is 1. The third-order valence-electron chi connectivity index (χ3n) is 3.49. The second-order valence-corrected chi connectivity index (χ2v) is 5.87. The molecule has 1 unspecified atom stereocenters. The Balaban J connectivity index is 2.23. The van der Waals surface area contributed by atoms with Crippen molar-refractivity contribution in [1.82, 2.24) is 5.32 Å². The second kappa shape index (κ2) is 8.77. The summed E-state index contributed by atoms with van der Waals surface area (Å²) in [7, 11) is -1.09. The van der Waals surface area contributed by atoms with Crippen LogP contribution < -0.4 is 10.1 Å². The SMILES string of the molecule is COc1cccc(C(CC(=O)O)NC(=O)c2ccc(N=S(=O)=O)cc2)c1. The van der Waals surface area contributed by atoms with Gasteiger partial charge in [-0.15, -0.1) is 4.36 Å². The highest BCUT2D eigenvalue weighted by Gasteiger charge is 2.19. The highest BCUT2D eigenvalue weighted by atomic mass is 32.2. The number of carboxylic acid groups (broad SMARTS) is 1. The Kier molecular flexibility index (Phi) is 6.45. The summed E-state index contributed by atoms with van der Waals surface area (Å²) in [6, 6.07) is 11.6. The molecule has 26 heavy (non-hydrogen) atoms. The van der Waals surface area contributed by atoms with Crippen molar-refractivity contribution in [3.05, 3.63) is 59.7 Å². The van der Waals surface area contributed by atoms with Crippen LogP contribution in [0.4, 0.5) is 5.69 Å². The van der Waals surface area contributed by atoms with Crippen molar-refractivity contribution in [2.75, 3.05) is 7.11 Å². The molecular formula is C17H16N2O6S. The summed E-state index contributed by atoms with van der Waals surface area (Å²) in [5, 5.41) is 11.8. The van der Waals surface area contributed by atoms with E-state index >= 15 is 0 Å². The number of aliphatic carboxylic acids is 1. The molecule has 2 aromatic carbocycles. The number of hydrogen-bond acceptors (Lipinski definition) is 6. The number of carbonyl (C=O) groups is 2. The molecule has 2 N–H and O–H groups in total. The van der Waals surface area contributed by atoms with E-state index in [2.05, 4.69) is 9.68 Å². The average molecular weight is 376 g/mol. The number of rotatable bonds is 7. The molecule has 0 aliphatic rings. The molecule has 0 bridgehead atoms. The third-order valence-corrected chi connectivity index (χ3v) is 3.85. The number of benzene rings is 2. The molecule has 0 spiro atoms. The zero-order valence-electron chi connectivity index (χ0n) is 13.7. The molecule has 0 saturated heterocycles. The maximum Gasteiger partial charge on any atom is 0.316 e. The Labute approximate surface area is 151 Å². The minimum atomic E-state index is -2.58. The molecule has 8 nitrogen and oxygen atoms in total. The van der Waals surface area contributed by atoms with E-state index in [1.807, 2.05) is 0 Å². The van der Waals surface area contributed by atoms with Crippen molar-refractivity contribution in [1.29, 1.82) is 0 Å². The van der Waals surface area contributed by atoms with Gasteiger partial charge in [0.25, 0.3) is 5.91 Å². The monoisotopic (exact) mass is 376 g/mol. The van der Waals surface area contributed by atoms with Gasteiger partial charge >= 0.3 is 16.5 Å². The maximum absolute atomic E-state index is 12.4. The molecule has 1 amide bonds. The molecule has 9 heteroatoms. The Hall–Kier alpha value is -3.20. The van der Waals surface area contributed by atoms with Crippen molar-refractivity contribution >= 4 is 28.1 Å². The first-order chi connectivity index (χ1) is 12.4. The average Bonchev–Trinajstić information content (AvgIpc) is 2.61. The molecular weight excluding hydrogens is 360 g/mol. The van der Waals surface area contributed by atoms with E-state index in [1.165, 1.54) is 31.4 Å². The number of nitrogens with one attached hydrogen (secondary N) is 1. The van der Waals surface area contributed by atoms with Crippen LogP contribution in [-0.2, 0) is 15.3 Å². The van der Waals surface area contributed by atoms with Gasteiger partial charge in [0.2, 0.25) is 0 Å². The second-order valence-electron chi connectivity index (χ2n) is 5.26. The van der Waals surface area contributed by atoms with E-state index in [1.54, 1.807) is 24.3 Å². The van der Waals surface area contributed by atoms with Crippen molar-refractivity contribution in [3.8, 4) is 5.75 Å². The number of carbonyl (C=O) groups excluding carboxylic acids is 1. The third kappa shape index (κ3) is 5.42. The summed E-state index contributed by atoms with van der Waals surface area (Å²) in [4.78, 5) is 23.6. The van der Waals surface area contributed by atoms with Crippen LogP contribution in [0.1, 0.15) is 28.4 Å². The zero-order chi connectivity index (χ0) is 19.1. The van der Waals surface area contributed by atoms with Gasteiger partial charge in [-0.05, 0) is 42.0 Å². The molecule has 0 aliphatic carbocycles. The first-order valence-electron chi connectivity index (χ1n) is 7.47. The first-order valence-corrected chi connectivity index (χ1v) is 8.50. The van der Waals surface area contributed by atoms with E-state index in [4.69, 9.17) is 9.84 Å². The van der Waals surface area contributed by atoms with Gasteiger partial charge in [0.15, 0.2) is 0 Å². The topological polar surface area (TPSA) is 122 Å². The zero-order valence-corrected chi connectivity index (χ0v) is 14.6. The Morgan fingerprint density at radius 2 is 1.88 bits per heavy atom. The summed E-state index contributed by atoms with van der Waals surface area (Å²) < 4.78 is 29.5. The van der Waals surface area contributed by atoms with Crippen LogP contribution in [0, 0.1) is 0 Å². The summed E-state index contributed by atoms with van der Waals surface area (Å²) in [6.45, 7) is 0.